The number of rotatable bonds is 9. The SMILES string of the molecule is Cc1ccc2ccc(N[C@H]3CC[C@H](CCNc4ncc(C(O)C(=O)NC5COC5)cn4)CC3)nc2c1Cl. The maximum absolute atomic E-state index is 12.1. The van der Waals surface area contributed by atoms with Crippen LogP contribution in [0.2, 0.25) is 5.02 Å². The van der Waals surface area contributed by atoms with E-state index in [1.54, 1.807) is 0 Å². The molecular weight excluding hydrogens is 492 g/mol. The van der Waals surface area contributed by atoms with Crippen LogP contribution in [0.5, 0.6) is 0 Å². The molecule has 5 rings (SSSR count). The number of hydrogen-bond donors (Lipinski definition) is 4. The summed E-state index contributed by atoms with van der Waals surface area (Å²) in [5, 5.41) is 21.6. The number of anilines is 2. The Morgan fingerprint density at radius 2 is 1.84 bits per heavy atom. The van der Waals surface area contributed by atoms with Crippen molar-refractivity contribution in [3.05, 3.63) is 52.8 Å². The number of fused-ring (bicyclic) bond motifs is 1. The average Bonchev–Trinajstić information content (AvgIpc) is 2.89. The van der Waals surface area contributed by atoms with Crippen molar-refractivity contribution in [1.82, 2.24) is 20.3 Å². The predicted octanol–water partition coefficient (Wildman–Crippen LogP) is 4.01. The van der Waals surface area contributed by atoms with Crippen molar-refractivity contribution in [3.8, 4) is 0 Å². The zero-order chi connectivity index (χ0) is 25.8. The number of nitrogens with zero attached hydrogens (tertiary/aromatic N) is 3. The molecule has 1 aliphatic carbocycles. The monoisotopic (exact) mass is 524 g/mol. The molecule has 1 atom stereocenters. The molecular formula is C27H33ClN6O3. The number of aromatic nitrogens is 3. The van der Waals surface area contributed by atoms with Crippen LogP contribution in [0, 0.1) is 12.8 Å². The fourth-order valence-corrected chi connectivity index (χ4v) is 5.06. The van der Waals surface area contributed by atoms with Crippen molar-refractivity contribution >= 4 is 40.2 Å². The third kappa shape index (κ3) is 6.29. The molecule has 1 aromatic carbocycles. The Morgan fingerprint density at radius 1 is 1.11 bits per heavy atom. The lowest BCUT2D eigenvalue weighted by Crippen LogP contribution is -2.50. The molecule has 2 aliphatic rings. The Labute approximate surface area is 221 Å². The molecule has 2 fully saturated rings. The van der Waals surface area contributed by atoms with Crippen molar-refractivity contribution in [2.75, 3.05) is 30.4 Å². The van der Waals surface area contributed by atoms with Crippen molar-refractivity contribution in [1.29, 1.82) is 0 Å². The quantitative estimate of drug-likeness (QED) is 0.331. The number of aryl methyl sites for hydroxylation is 1. The lowest BCUT2D eigenvalue weighted by Gasteiger charge is -2.29. The van der Waals surface area contributed by atoms with E-state index in [0.717, 1.165) is 66.0 Å². The number of hydrogen-bond acceptors (Lipinski definition) is 8. The molecule has 2 aromatic heterocycles. The van der Waals surface area contributed by atoms with Gasteiger partial charge in [0.15, 0.2) is 6.10 Å². The van der Waals surface area contributed by atoms with E-state index in [1.165, 1.54) is 12.4 Å². The number of pyridine rings is 1. The topological polar surface area (TPSA) is 121 Å². The number of halogens is 1. The van der Waals surface area contributed by atoms with Crippen LogP contribution >= 0.6 is 11.6 Å². The second kappa shape index (κ2) is 11.6. The fourth-order valence-electron chi connectivity index (χ4n) is 4.85. The maximum Gasteiger partial charge on any atom is 0.253 e. The van der Waals surface area contributed by atoms with Crippen LogP contribution in [0.1, 0.15) is 49.3 Å². The molecule has 1 amide bonds. The Hall–Kier alpha value is -3.01. The molecule has 1 saturated heterocycles. The second-order valence-electron chi connectivity index (χ2n) is 10.0. The molecule has 1 aliphatic heterocycles. The van der Waals surface area contributed by atoms with Crippen molar-refractivity contribution < 1.29 is 14.6 Å². The van der Waals surface area contributed by atoms with Crippen molar-refractivity contribution in [2.45, 2.75) is 57.2 Å². The van der Waals surface area contributed by atoms with E-state index < -0.39 is 12.0 Å². The highest BCUT2D eigenvalue weighted by Gasteiger charge is 2.26. The van der Waals surface area contributed by atoms with Gasteiger partial charge in [0.2, 0.25) is 5.95 Å². The van der Waals surface area contributed by atoms with Crippen molar-refractivity contribution in [2.24, 2.45) is 5.92 Å². The lowest BCUT2D eigenvalue weighted by atomic mass is 9.84. The predicted molar refractivity (Wildman–Crippen MR) is 144 cm³/mol. The molecule has 4 N–H and O–H groups in total. The molecule has 0 radical (unpaired) electrons. The third-order valence-electron chi connectivity index (χ3n) is 7.25. The van der Waals surface area contributed by atoms with E-state index in [0.29, 0.717) is 36.7 Å². The van der Waals surface area contributed by atoms with E-state index in [4.69, 9.17) is 21.3 Å². The summed E-state index contributed by atoms with van der Waals surface area (Å²) in [5.41, 5.74) is 2.25. The molecule has 1 unspecified atom stereocenters. The Kier molecular flexibility index (Phi) is 8.02. The van der Waals surface area contributed by atoms with Gasteiger partial charge in [0.1, 0.15) is 5.82 Å². The second-order valence-corrected chi connectivity index (χ2v) is 10.4. The van der Waals surface area contributed by atoms with E-state index in [2.05, 4.69) is 38.1 Å². The van der Waals surface area contributed by atoms with Crippen LogP contribution in [-0.2, 0) is 9.53 Å². The van der Waals surface area contributed by atoms with Gasteiger partial charge in [-0.15, -0.1) is 0 Å². The summed E-state index contributed by atoms with van der Waals surface area (Å²) in [4.78, 5) is 25.4. The van der Waals surface area contributed by atoms with Gasteiger partial charge < -0.3 is 25.8 Å². The molecule has 0 spiro atoms. The molecule has 9 nitrogen and oxygen atoms in total. The first-order valence-electron chi connectivity index (χ1n) is 12.9. The van der Waals surface area contributed by atoms with E-state index in [-0.39, 0.29) is 6.04 Å². The van der Waals surface area contributed by atoms with Crippen LogP contribution in [0.4, 0.5) is 11.8 Å². The Bertz CT molecular complexity index is 1230. The van der Waals surface area contributed by atoms with Gasteiger partial charge in [-0.3, -0.25) is 4.79 Å². The van der Waals surface area contributed by atoms with E-state index >= 15 is 0 Å². The van der Waals surface area contributed by atoms with Crippen LogP contribution < -0.4 is 16.0 Å². The summed E-state index contributed by atoms with van der Waals surface area (Å²) in [6.45, 7) is 3.73. The third-order valence-corrected chi connectivity index (χ3v) is 7.73. The van der Waals surface area contributed by atoms with E-state index in [9.17, 15) is 9.90 Å². The summed E-state index contributed by atoms with van der Waals surface area (Å²) >= 11 is 6.47. The molecule has 1 saturated carbocycles. The van der Waals surface area contributed by atoms with Crippen LogP contribution in [0.3, 0.4) is 0 Å². The standard InChI is InChI=1S/C27H33ClN6O3/c1-16-2-5-18-6-9-22(34-24(18)23(16)28)32-20-7-3-17(4-8-20)10-11-29-27-30-12-19(13-31-27)25(35)26(36)33-21-14-37-15-21/h2,5-6,9,12-13,17,20-21,25,35H,3-4,7-8,10-11,14-15H2,1H3,(H,32,34)(H,33,36)(H,29,30,31)/t17-,20-,25?. The highest BCUT2D eigenvalue weighted by atomic mass is 35.5. The minimum absolute atomic E-state index is 0.0337. The maximum atomic E-state index is 12.1. The zero-order valence-electron chi connectivity index (χ0n) is 20.9. The number of ether oxygens (including phenoxy) is 1. The van der Waals surface area contributed by atoms with Gasteiger partial charge in [-0.25, -0.2) is 15.0 Å². The van der Waals surface area contributed by atoms with E-state index in [1.807, 2.05) is 19.1 Å². The molecule has 196 valence electrons. The van der Waals surface area contributed by atoms with Gasteiger partial charge in [-0.05, 0) is 62.6 Å². The molecule has 3 heterocycles. The number of benzene rings is 1. The zero-order valence-corrected chi connectivity index (χ0v) is 21.7. The first kappa shape index (κ1) is 25.6. The van der Waals surface area contributed by atoms with Gasteiger partial charge in [0.05, 0.1) is 29.8 Å². The summed E-state index contributed by atoms with van der Waals surface area (Å²) in [6, 6.07) is 8.56. The van der Waals surface area contributed by atoms with Gasteiger partial charge in [-0.1, -0.05) is 23.7 Å². The minimum atomic E-state index is -1.29. The van der Waals surface area contributed by atoms with Gasteiger partial charge in [0, 0.05) is 35.9 Å². The normalized spacial score (nSPS) is 20.7. The number of nitrogens with one attached hydrogen (secondary N) is 3. The number of carbonyl (C=O) groups excluding carboxylic acids is 1. The van der Waals surface area contributed by atoms with Gasteiger partial charge in [-0.2, -0.15) is 0 Å². The van der Waals surface area contributed by atoms with Crippen molar-refractivity contribution in [3.63, 3.8) is 0 Å². The minimum Gasteiger partial charge on any atom is -0.378 e. The van der Waals surface area contributed by atoms with Crippen LogP contribution in [0.25, 0.3) is 10.9 Å². The van der Waals surface area contributed by atoms with Gasteiger partial charge >= 0.3 is 0 Å². The summed E-state index contributed by atoms with van der Waals surface area (Å²) in [5.74, 6) is 1.56. The summed E-state index contributed by atoms with van der Waals surface area (Å²) in [7, 11) is 0. The molecule has 10 heteroatoms. The van der Waals surface area contributed by atoms with Gasteiger partial charge in [0.25, 0.3) is 5.91 Å². The number of amides is 1. The molecule has 37 heavy (non-hydrogen) atoms. The first-order chi connectivity index (χ1) is 18.0. The van der Waals surface area contributed by atoms with Crippen LogP contribution in [0.15, 0.2) is 36.7 Å². The lowest BCUT2D eigenvalue weighted by molar-refractivity contribution is -0.133. The molecule has 0 bridgehead atoms. The number of aliphatic hydroxyl groups excluding tert-OH is 1. The summed E-state index contributed by atoms with van der Waals surface area (Å²) in [6.07, 6.45) is 7.24. The fraction of sp³-hybridized carbons (Fsp3) is 0.481. The largest absolute Gasteiger partial charge is 0.378 e. The average molecular weight is 525 g/mol. The summed E-state index contributed by atoms with van der Waals surface area (Å²) < 4.78 is 5.03. The highest BCUT2D eigenvalue weighted by molar-refractivity contribution is 6.35. The molecule has 3 aromatic rings. The Balaban J connectivity index is 1.04. The van der Waals surface area contributed by atoms with Crippen LogP contribution in [-0.4, -0.2) is 57.8 Å². The Morgan fingerprint density at radius 3 is 2.54 bits per heavy atom. The first-order valence-corrected chi connectivity index (χ1v) is 13.3. The smallest absolute Gasteiger partial charge is 0.253 e. The highest BCUT2D eigenvalue weighted by Crippen LogP contribution is 2.30. The number of aliphatic hydroxyl groups is 1. The number of carbonyl (C=O) groups is 1.